The van der Waals surface area contributed by atoms with Crippen molar-refractivity contribution in [2.45, 2.75) is 96.7 Å². The lowest BCUT2D eigenvalue weighted by Gasteiger charge is -2.51. The van der Waals surface area contributed by atoms with Crippen molar-refractivity contribution < 1.29 is 42.9 Å². The number of unbranched alkanes of at least 4 members (excludes halogenated alkanes) is 2. The van der Waals surface area contributed by atoms with Gasteiger partial charge in [0.15, 0.2) is 0 Å². The molecule has 0 spiro atoms. The Morgan fingerprint density at radius 3 is 1.72 bits per heavy atom. The van der Waals surface area contributed by atoms with Crippen LogP contribution < -0.4 is 45.0 Å². The molecule has 178 valence electrons. The summed E-state index contributed by atoms with van der Waals surface area (Å²) in [7, 11) is 7.37. The largest absolute Gasteiger partial charge is 1.00 e. The molecule has 0 bridgehead atoms. The van der Waals surface area contributed by atoms with E-state index in [1.165, 1.54) is 69.2 Å². The first-order valence-electron chi connectivity index (χ1n) is 11.5. The number of quaternary nitrogens is 2. The fourth-order valence-corrected chi connectivity index (χ4v) is 5.31. The summed E-state index contributed by atoms with van der Waals surface area (Å²) in [5, 5.41) is 3.84. The predicted octanol–water partition coefficient (Wildman–Crippen LogP) is -2.24. The quantitative estimate of drug-likeness (QED) is 0.216. The van der Waals surface area contributed by atoms with Crippen LogP contribution in [0.5, 0.6) is 0 Å². The van der Waals surface area contributed by atoms with Crippen LogP contribution in [0.15, 0.2) is 0 Å². The van der Waals surface area contributed by atoms with E-state index in [0.29, 0.717) is 0 Å². The molecular weight excluding hydrogens is 492 g/mol. The third-order valence-corrected chi connectivity index (χ3v) is 6.79. The Morgan fingerprint density at radius 1 is 0.793 bits per heavy atom. The van der Waals surface area contributed by atoms with Gasteiger partial charge in [0.25, 0.3) is 0 Å². The van der Waals surface area contributed by atoms with Crippen molar-refractivity contribution in [2.75, 3.05) is 53.9 Å². The van der Waals surface area contributed by atoms with E-state index in [9.17, 15) is 0 Å². The Balaban J connectivity index is 0. The molecule has 1 saturated heterocycles. The normalized spacial score (nSPS) is 21.0. The Kier molecular flexibility index (Phi) is 14.7. The number of nitrogens with two attached hydrogens (primary N) is 1. The van der Waals surface area contributed by atoms with E-state index in [1.54, 1.807) is 0 Å². The molecule has 1 aliphatic rings. The van der Waals surface area contributed by atoms with Crippen molar-refractivity contribution in [2.24, 2.45) is 5.73 Å². The van der Waals surface area contributed by atoms with Crippen molar-refractivity contribution in [3.05, 3.63) is 0 Å². The fourth-order valence-electron chi connectivity index (χ4n) is 5.31. The Hall–Kier alpha value is 0.800. The maximum absolute atomic E-state index is 5.79. The third kappa shape index (κ3) is 11.8. The van der Waals surface area contributed by atoms with E-state index < -0.39 is 0 Å². The van der Waals surface area contributed by atoms with Gasteiger partial charge in [-0.1, -0.05) is 13.3 Å². The van der Waals surface area contributed by atoms with Gasteiger partial charge in [-0.15, -0.1) is 0 Å². The molecule has 4 nitrogen and oxygen atoms in total. The molecule has 1 aliphatic heterocycles. The highest BCUT2D eigenvalue weighted by Gasteiger charge is 2.44. The minimum atomic E-state index is 0. The zero-order chi connectivity index (χ0) is 20.8. The van der Waals surface area contributed by atoms with Crippen LogP contribution in [0.2, 0.25) is 0 Å². The van der Waals surface area contributed by atoms with Gasteiger partial charge < -0.3 is 54.0 Å². The third-order valence-electron chi connectivity index (χ3n) is 6.79. The van der Waals surface area contributed by atoms with Gasteiger partial charge in [-0.3, -0.25) is 0 Å². The molecule has 29 heavy (non-hydrogen) atoms. The van der Waals surface area contributed by atoms with Gasteiger partial charge >= 0.3 is 0 Å². The highest BCUT2D eigenvalue weighted by Crippen LogP contribution is 2.33. The van der Waals surface area contributed by atoms with E-state index in [4.69, 9.17) is 5.73 Å². The number of piperidine rings is 1. The van der Waals surface area contributed by atoms with Crippen LogP contribution in [-0.2, 0) is 0 Å². The molecule has 1 rings (SSSR count). The molecule has 1 fully saturated rings. The average molecular weight is 545 g/mol. The van der Waals surface area contributed by atoms with Gasteiger partial charge in [0.05, 0.1) is 53.4 Å². The smallest absolute Gasteiger partial charge is 0.0921 e. The molecule has 0 saturated carbocycles. The Morgan fingerprint density at radius 2 is 1.24 bits per heavy atom. The van der Waals surface area contributed by atoms with E-state index in [2.05, 4.69) is 61.1 Å². The Labute approximate surface area is 204 Å². The van der Waals surface area contributed by atoms with Gasteiger partial charge in [0.1, 0.15) is 0 Å². The van der Waals surface area contributed by atoms with Crippen molar-refractivity contribution in [3.8, 4) is 0 Å². The second-order valence-electron chi connectivity index (χ2n) is 11.5. The zero-order valence-electron chi connectivity index (χ0n) is 20.8. The number of halogens is 2. The number of hydrogen-bond donors (Lipinski definition) is 2. The standard InChI is InChI=1S/C23H52N4.2BrH/c1-9-10-16-27(8,18-13-14-24)17-12-11-15-26(6,7)21-19-22(2,3)25-23(4,5)20-21;;/h21,25H,9-20,24H2,1-8H3;2*1H/q+2;;/p-2. The minimum Gasteiger partial charge on any atom is -1.00 e. The van der Waals surface area contributed by atoms with E-state index >= 15 is 0 Å². The predicted molar refractivity (Wildman–Crippen MR) is 120 cm³/mol. The topological polar surface area (TPSA) is 38.0 Å². The van der Waals surface area contributed by atoms with Gasteiger partial charge in [0.2, 0.25) is 0 Å². The second-order valence-corrected chi connectivity index (χ2v) is 11.5. The summed E-state index contributed by atoms with van der Waals surface area (Å²) in [4.78, 5) is 0. The maximum Gasteiger partial charge on any atom is 0.0921 e. The lowest BCUT2D eigenvalue weighted by atomic mass is 9.78. The van der Waals surface area contributed by atoms with E-state index in [0.717, 1.165) is 23.5 Å². The molecule has 3 N–H and O–H groups in total. The molecule has 1 unspecified atom stereocenters. The SMILES string of the molecule is CCCC[N+](C)(CCCN)CCCC[N+](C)(C)C1CC(C)(C)NC(C)(C)C1.[Br-].[Br-]. The maximum atomic E-state index is 5.79. The van der Waals surface area contributed by atoms with Gasteiger partial charge in [-0.25, -0.2) is 0 Å². The summed E-state index contributed by atoms with van der Waals surface area (Å²) in [6, 6.07) is 0.745. The van der Waals surface area contributed by atoms with Crippen molar-refractivity contribution in [3.63, 3.8) is 0 Å². The number of nitrogens with zero attached hydrogens (tertiary/aromatic N) is 2. The second kappa shape index (κ2) is 13.4. The number of hydrogen-bond acceptors (Lipinski definition) is 2. The first kappa shape index (κ1) is 32.0. The lowest BCUT2D eigenvalue weighted by molar-refractivity contribution is -0.921. The van der Waals surface area contributed by atoms with Crippen LogP contribution in [0.4, 0.5) is 0 Å². The average Bonchev–Trinajstić information content (AvgIpc) is 2.52. The van der Waals surface area contributed by atoms with Crippen LogP contribution >= 0.6 is 0 Å². The fraction of sp³-hybridized carbons (Fsp3) is 1.00. The highest BCUT2D eigenvalue weighted by atomic mass is 79.9. The van der Waals surface area contributed by atoms with E-state index in [1.807, 2.05) is 0 Å². The molecule has 1 heterocycles. The number of rotatable bonds is 12. The summed E-state index contributed by atoms with van der Waals surface area (Å²) in [6.45, 7) is 17.8. The summed E-state index contributed by atoms with van der Waals surface area (Å²) in [6.07, 6.45) is 8.99. The van der Waals surface area contributed by atoms with Gasteiger partial charge in [-0.05, 0) is 40.7 Å². The molecule has 0 aromatic carbocycles. The molecule has 0 aromatic rings. The van der Waals surface area contributed by atoms with Crippen LogP contribution in [0.25, 0.3) is 0 Å². The first-order chi connectivity index (χ1) is 12.3. The van der Waals surface area contributed by atoms with Gasteiger partial charge in [0, 0.05) is 43.2 Å². The van der Waals surface area contributed by atoms with Crippen LogP contribution in [-0.4, -0.2) is 80.0 Å². The Bertz CT molecular complexity index is 415. The van der Waals surface area contributed by atoms with Crippen molar-refractivity contribution >= 4 is 0 Å². The molecular formula is C23H52Br2N4. The monoisotopic (exact) mass is 542 g/mol. The highest BCUT2D eigenvalue weighted by molar-refractivity contribution is 4.97. The molecule has 6 heteroatoms. The van der Waals surface area contributed by atoms with Crippen molar-refractivity contribution in [1.82, 2.24) is 5.32 Å². The van der Waals surface area contributed by atoms with E-state index in [-0.39, 0.29) is 45.0 Å². The molecule has 0 amide bonds. The lowest BCUT2D eigenvalue weighted by Crippen LogP contribution is -3.00. The summed E-state index contributed by atoms with van der Waals surface area (Å²) >= 11 is 0. The van der Waals surface area contributed by atoms with Crippen LogP contribution in [0, 0.1) is 0 Å². The summed E-state index contributed by atoms with van der Waals surface area (Å²) in [5.74, 6) is 0. The molecule has 1 atom stereocenters. The molecule has 0 radical (unpaired) electrons. The minimum absolute atomic E-state index is 0. The molecule has 0 aromatic heterocycles. The zero-order valence-corrected chi connectivity index (χ0v) is 24.0. The van der Waals surface area contributed by atoms with Crippen molar-refractivity contribution in [1.29, 1.82) is 0 Å². The van der Waals surface area contributed by atoms with Crippen LogP contribution in [0.3, 0.4) is 0 Å². The van der Waals surface area contributed by atoms with Crippen LogP contribution in [0.1, 0.15) is 79.6 Å². The molecule has 0 aliphatic carbocycles. The summed E-state index contributed by atoms with van der Waals surface area (Å²) < 4.78 is 2.38. The number of nitrogens with one attached hydrogen (secondary N) is 1. The summed E-state index contributed by atoms with van der Waals surface area (Å²) in [5.41, 5.74) is 6.26. The first-order valence-corrected chi connectivity index (χ1v) is 11.5. The van der Waals surface area contributed by atoms with Gasteiger partial charge in [-0.2, -0.15) is 0 Å².